The molecule has 0 saturated carbocycles. The van der Waals surface area contributed by atoms with Gasteiger partial charge in [-0.05, 0) is 13.3 Å². The van der Waals surface area contributed by atoms with Crippen molar-refractivity contribution in [1.29, 1.82) is 0 Å². The van der Waals surface area contributed by atoms with Crippen LogP contribution in [0.1, 0.15) is 13.3 Å². The highest BCUT2D eigenvalue weighted by molar-refractivity contribution is 4.86. The Morgan fingerprint density at radius 1 is 1.56 bits per heavy atom. The van der Waals surface area contributed by atoms with E-state index in [0.717, 1.165) is 18.6 Å². The summed E-state index contributed by atoms with van der Waals surface area (Å²) < 4.78 is 0. The molecular weight excluding hydrogens is 114 g/mol. The highest BCUT2D eigenvalue weighted by Gasteiger charge is 1.88. The van der Waals surface area contributed by atoms with E-state index in [-0.39, 0.29) is 0 Å². The highest BCUT2D eigenvalue weighted by atomic mass is 16.7. The van der Waals surface area contributed by atoms with Crippen LogP contribution < -0.4 is 0 Å². The summed E-state index contributed by atoms with van der Waals surface area (Å²) in [6.45, 7) is 6.49. The van der Waals surface area contributed by atoms with Crippen molar-refractivity contribution in [2.75, 3.05) is 20.7 Å². The van der Waals surface area contributed by atoms with Gasteiger partial charge in [0, 0.05) is 14.1 Å². The Kier molecular flexibility index (Phi) is 4.36. The zero-order chi connectivity index (χ0) is 7.28. The summed E-state index contributed by atoms with van der Waals surface area (Å²) in [5.74, 6) is 0. The lowest BCUT2D eigenvalue weighted by molar-refractivity contribution is -0.118. The predicted octanol–water partition coefficient (Wildman–Crippen LogP) is 1.45. The van der Waals surface area contributed by atoms with Crippen LogP contribution >= 0.6 is 0 Å². The van der Waals surface area contributed by atoms with Gasteiger partial charge >= 0.3 is 0 Å². The van der Waals surface area contributed by atoms with E-state index >= 15 is 0 Å². The Bertz CT molecular complexity index is 88.9. The molecule has 0 bridgehead atoms. The first-order valence-corrected chi connectivity index (χ1v) is 3.07. The molecule has 0 aliphatic heterocycles. The van der Waals surface area contributed by atoms with Crippen LogP contribution in [0.15, 0.2) is 12.2 Å². The van der Waals surface area contributed by atoms with E-state index in [4.69, 9.17) is 4.84 Å². The zero-order valence-electron chi connectivity index (χ0n) is 6.48. The van der Waals surface area contributed by atoms with Crippen LogP contribution in [0.4, 0.5) is 0 Å². The van der Waals surface area contributed by atoms with Crippen LogP contribution in [0.3, 0.4) is 0 Å². The van der Waals surface area contributed by atoms with Crippen molar-refractivity contribution in [1.82, 2.24) is 5.06 Å². The third-order valence-corrected chi connectivity index (χ3v) is 0.878. The fraction of sp³-hybridized carbons (Fsp3) is 0.714. The molecular formula is C7H15NO. The largest absolute Gasteiger partial charge is 0.299 e. The van der Waals surface area contributed by atoms with Crippen molar-refractivity contribution in [3.05, 3.63) is 12.2 Å². The van der Waals surface area contributed by atoms with Gasteiger partial charge in [0.15, 0.2) is 0 Å². The Morgan fingerprint density at radius 2 is 2.11 bits per heavy atom. The summed E-state index contributed by atoms with van der Waals surface area (Å²) in [6, 6.07) is 0. The lowest BCUT2D eigenvalue weighted by Crippen LogP contribution is -2.13. The van der Waals surface area contributed by atoms with E-state index in [1.807, 2.05) is 21.0 Å². The molecule has 0 aliphatic carbocycles. The molecule has 0 saturated heterocycles. The molecule has 0 spiro atoms. The monoisotopic (exact) mass is 129 g/mol. The summed E-state index contributed by atoms with van der Waals surface area (Å²) in [6.07, 6.45) is 0.943. The van der Waals surface area contributed by atoms with Gasteiger partial charge in [-0.3, -0.25) is 4.84 Å². The van der Waals surface area contributed by atoms with Gasteiger partial charge in [0.25, 0.3) is 0 Å². The van der Waals surface area contributed by atoms with Gasteiger partial charge in [0.05, 0.1) is 6.61 Å². The lowest BCUT2D eigenvalue weighted by Gasteiger charge is -2.09. The lowest BCUT2D eigenvalue weighted by atomic mass is 10.3. The molecule has 9 heavy (non-hydrogen) atoms. The molecule has 2 nitrogen and oxygen atoms in total. The average molecular weight is 129 g/mol. The molecule has 0 unspecified atom stereocenters. The van der Waals surface area contributed by atoms with E-state index in [0.29, 0.717) is 0 Å². The van der Waals surface area contributed by atoms with Crippen LogP contribution in [0.2, 0.25) is 0 Å². The fourth-order valence-electron chi connectivity index (χ4n) is 0.402. The van der Waals surface area contributed by atoms with Crippen LogP contribution in [-0.2, 0) is 4.84 Å². The number of nitrogens with zero attached hydrogens (tertiary/aromatic N) is 1. The first kappa shape index (κ1) is 8.66. The normalized spacial score (nSPS) is 10.2. The standard InChI is InChI=1S/C7H15NO/c1-7(2)5-6-9-8(3)4/h1,5-6H2,2-4H3. The maximum atomic E-state index is 5.13. The predicted molar refractivity (Wildman–Crippen MR) is 39.1 cm³/mol. The molecule has 0 aliphatic rings. The Labute approximate surface area is 57.1 Å². The molecule has 0 N–H and O–H groups in total. The minimum absolute atomic E-state index is 0.738. The second kappa shape index (κ2) is 4.53. The van der Waals surface area contributed by atoms with Crippen molar-refractivity contribution in [3.63, 3.8) is 0 Å². The van der Waals surface area contributed by atoms with Gasteiger partial charge in [0.1, 0.15) is 0 Å². The maximum Gasteiger partial charge on any atom is 0.0721 e. The highest BCUT2D eigenvalue weighted by Crippen LogP contribution is 1.94. The number of hydroxylamine groups is 2. The van der Waals surface area contributed by atoms with E-state index in [2.05, 4.69) is 6.58 Å². The van der Waals surface area contributed by atoms with Crippen molar-refractivity contribution < 1.29 is 4.84 Å². The molecule has 0 aromatic carbocycles. The van der Waals surface area contributed by atoms with Crippen molar-refractivity contribution in [3.8, 4) is 0 Å². The van der Waals surface area contributed by atoms with E-state index in [1.54, 1.807) is 5.06 Å². The first-order valence-electron chi connectivity index (χ1n) is 3.07. The topological polar surface area (TPSA) is 12.5 Å². The fourth-order valence-corrected chi connectivity index (χ4v) is 0.402. The van der Waals surface area contributed by atoms with Crippen molar-refractivity contribution in [2.24, 2.45) is 0 Å². The van der Waals surface area contributed by atoms with E-state index < -0.39 is 0 Å². The van der Waals surface area contributed by atoms with Gasteiger partial charge in [0.2, 0.25) is 0 Å². The van der Waals surface area contributed by atoms with Gasteiger partial charge < -0.3 is 0 Å². The van der Waals surface area contributed by atoms with Crippen molar-refractivity contribution >= 4 is 0 Å². The SMILES string of the molecule is C=C(C)CCON(C)C. The third kappa shape index (κ3) is 7.66. The summed E-state index contributed by atoms with van der Waals surface area (Å²) >= 11 is 0. The van der Waals surface area contributed by atoms with E-state index in [9.17, 15) is 0 Å². The van der Waals surface area contributed by atoms with Crippen molar-refractivity contribution in [2.45, 2.75) is 13.3 Å². The second-order valence-electron chi connectivity index (χ2n) is 2.35. The van der Waals surface area contributed by atoms with Gasteiger partial charge in [-0.2, -0.15) is 5.06 Å². The summed E-state index contributed by atoms with van der Waals surface area (Å²) in [5.41, 5.74) is 1.16. The molecule has 2 heteroatoms. The maximum absolute atomic E-state index is 5.13. The molecule has 0 aromatic heterocycles. The Balaban J connectivity index is 3.01. The van der Waals surface area contributed by atoms with Gasteiger partial charge in [-0.25, -0.2) is 0 Å². The Morgan fingerprint density at radius 3 is 2.44 bits per heavy atom. The quantitative estimate of drug-likeness (QED) is 0.420. The summed E-state index contributed by atoms with van der Waals surface area (Å²) in [5, 5.41) is 1.70. The van der Waals surface area contributed by atoms with Crippen LogP contribution in [0.25, 0.3) is 0 Å². The minimum Gasteiger partial charge on any atom is -0.299 e. The molecule has 0 atom stereocenters. The smallest absolute Gasteiger partial charge is 0.0721 e. The first-order chi connectivity index (χ1) is 4.13. The van der Waals surface area contributed by atoms with Crippen LogP contribution in [0, 0.1) is 0 Å². The number of hydrogen-bond donors (Lipinski definition) is 0. The summed E-state index contributed by atoms with van der Waals surface area (Å²) in [4.78, 5) is 5.13. The van der Waals surface area contributed by atoms with Crippen LogP contribution in [0.5, 0.6) is 0 Å². The molecule has 0 radical (unpaired) electrons. The molecule has 0 rings (SSSR count). The molecule has 0 aromatic rings. The van der Waals surface area contributed by atoms with E-state index in [1.165, 1.54) is 0 Å². The van der Waals surface area contributed by atoms with Crippen LogP contribution in [-0.4, -0.2) is 25.8 Å². The summed E-state index contributed by atoms with van der Waals surface area (Å²) in [7, 11) is 3.75. The molecule has 0 amide bonds. The Hall–Kier alpha value is -0.340. The number of hydrogen-bond acceptors (Lipinski definition) is 2. The third-order valence-electron chi connectivity index (χ3n) is 0.878. The minimum atomic E-state index is 0.738. The van der Waals surface area contributed by atoms with Gasteiger partial charge in [-0.15, -0.1) is 6.58 Å². The molecule has 0 fully saturated rings. The zero-order valence-corrected chi connectivity index (χ0v) is 6.48. The molecule has 54 valence electrons. The molecule has 0 heterocycles. The number of rotatable bonds is 4. The van der Waals surface area contributed by atoms with Gasteiger partial charge in [-0.1, -0.05) is 5.57 Å². The average Bonchev–Trinajstić information content (AvgIpc) is 1.63. The second-order valence-corrected chi connectivity index (χ2v) is 2.35.